The number of hydrogen-bond acceptors (Lipinski definition) is 6. The highest BCUT2D eigenvalue weighted by Gasteiger charge is 2.32. The number of hydrogen-bond donors (Lipinski definition) is 1. The quantitative estimate of drug-likeness (QED) is 0.513. The predicted octanol–water partition coefficient (Wildman–Crippen LogP) is 1.87. The van der Waals surface area contributed by atoms with E-state index in [1.165, 1.54) is 16.7 Å². The number of thioether (sulfide) groups is 1. The maximum absolute atomic E-state index is 12.6. The largest absolute Gasteiger partial charge is 0.548 e. The molecule has 6 nitrogen and oxygen atoms in total. The molecular weight excluding hydrogens is 396 g/mol. The molecule has 0 spiro atoms. The lowest BCUT2D eigenvalue weighted by molar-refractivity contribution is -0.308. The molecule has 1 aliphatic rings. The molecule has 1 atom stereocenters. The third-order valence-electron chi connectivity index (χ3n) is 4.02. The van der Waals surface area contributed by atoms with Crippen LogP contribution in [0.1, 0.15) is 32.3 Å². The summed E-state index contributed by atoms with van der Waals surface area (Å²) >= 11 is 6.44. The van der Waals surface area contributed by atoms with Gasteiger partial charge in [0.2, 0.25) is 5.91 Å². The highest BCUT2D eigenvalue weighted by Crippen LogP contribution is 2.32. The molecule has 1 aromatic carbocycles. The van der Waals surface area contributed by atoms with Gasteiger partial charge >= 0.3 is 0 Å². The monoisotopic (exact) mass is 417 g/mol. The molecule has 0 aromatic heterocycles. The molecule has 0 aliphatic carbocycles. The standard InChI is InChI=1S/C20H22N2O4S2/c1-3-15(19(25)26)21-17(23)9-10-22-18(24)16(28-20(22)27)12-13(2)11-14-7-5-4-6-8-14/h4-8,11-12,15H,3,9-10H2,1-2H3,(H,21,23)(H,25,26)/p-1/b13-11+,16-12+/t15-/m0/s1. The van der Waals surface area contributed by atoms with Gasteiger partial charge in [-0.15, -0.1) is 0 Å². The second kappa shape index (κ2) is 10.2. The van der Waals surface area contributed by atoms with Crippen LogP contribution < -0.4 is 10.4 Å². The Morgan fingerprint density at radius 2 is 2.00 bits per heavy atom. The number of benzene rings is 1. The second-order valence-corrected chi connectivity index (χ2v) is 7.91. The van der Waals surface area contributed by atoms with Gasteiger partial charge in [-0.1, -0.05) is 67.3 Å². The van der Waals surface area contributed by atoms with Crippen molar-refractivity contribution in [1.82, 2.24) is 10.2 Å². The Morgan fingerprint density at radius 3 is 2.61 bits per heavy atom. The van der Waals surface area contributed by atoms with Crippen LogP contribution in [0.5, 0.6) is 0 Å². The molecule has 0 radical (unpaired) electrons. The molecule has 1 heterocycles. The molecule has 1 aliphatic heterocycles. The third-order valence-corrected chi connectivity index (χ3v) is 5.39. The fraction of sp³-hybridized carbons (Fsp3) is 0.300. The number of carboxylic acids is 1. The summed E-state index contributed by atoms with van der Waals surface area (Å²) in [6.45, 7) is 3.63. The molecule has 148 valence electrons. The number of nitrogens with zero attached hydrogens (tertiary/aromatic N) is 1. The number of nitrogens with one attached hydrogen (secondary N) is 1. The summed E-state index contributed by atoms with van der Waals surface area (Å²) in [6.07, 6.45) is 3.92. The summed E-state index contributed by atoms with van der Waals surface area (Å²) in [7, 11) is 0. The van der Waals surface area contributed by atoms with Crippen LogP contribution in [0, 0.1) is 0 Å². The molecule has 8 heteroatoms. The minimum Gasteiger partial charge on any atom is -0.548 e. The van der Waals surface area contributed by atoms with Gasteiger partial charge < -0.3 is 15.2 Å². The Balaban J connectivity index is 1.98. The molecule has 1 saturated heterocycles. The molecule has 2 amide bonds. The minimum atomic E-state index is -1.33. The van der Waals surface area contributed by atoms with Crippen molar-refractivity contribution in [2.24, 2.45) is 0 Å². The van der Waals surface area contributed by atoms with Crippen molar-refractivity contribution in [2.45, 2.75) is 32.7 Å². The zero-order valence-electron chi connectivity index (χ0n) is 15.6. The van der Waals surface area contributed by atoms with Gasteiger partial charge in [0.15, 0.2) is 0 Å². The van der Waals surface area contributed by atoms with Crippen molar-refractivity contribution in [3.8, 4) is 0 Å². The van der Waals surface area contributed by atoms with Crippen LogP contribution in [0.3, 0.4) is 0 Å². The van der Waals surface area contributed by atoms with E-state index in [1.807, 2.05) is 43.3 Å². The van der Waals surface area contributed by atoms with Crippen molar-refractivity contribution >= 4 is 52.2 Å². The van der Waals surface area contributed by atoms with E-state index in [0.717, 1.165) is 11.1 Å². The lowest BCUT2D eigenvalue weighted by Gasteiger charge is -2.19. The summed E-state index contributed by atoms with van der Waals surface area (Å²) in [5.41, 5.74) is 1.94. The number of rotatable bonds is 8. The summed E-state index contributed by atoms with van der Waals surface area (Å²) in [6, 6.07) is 8.71. The average Bonchev–Trinajstić information content (AvgIpc) is 2.91. The Bertz CT molecular complexity index is 834. The molecule has 0 saturated carbocycles. The third kappa shape index (κ3) is 6.03. The number of thiocarbonyl (C=S) groups is 1. The smallest absolute Gasteiger partial charge is 0.266 e. The maximum Gasteiger partial charge on any atom is 0.266 e. The van der Waals surface area contributed by atoms with Gasteiger partial charge in [0.05, 0.1) is 16.9 Å². The van der Waals surface area contributed by atoms with Gasteiger partial charge in [-0.2, -0.15) is 0 Å². The number of carbonyl (C=O) groups is 3. The van der Waals surface area contributed by atoms with Gasteiger partial charge in [-0.3, -0.25) is 14.5 Å². The van der Waals surface area contributed by atoms with Gasteiger partial charge in [-0.25, -0.2) is 0 Å². The Kier molecular flexibility index (Phi) is 7.95. The number of amides is 2. The molecule has 1 fully saturated rings. The van der Waals surface area contributed by atoms with E-state index in [9.17, 15) is 19.5 Å². The van der Waals surface area contributed by atoms with Gasteiger partial charge in [0.1, 0.15) is 4.32 Å². The van der Waals surface area contributed by atoms with Crippen molar-refractivity contribution in [3.63, 3.8) is 0 Å². The lowest BCUT2D eigenvalue weighted by atomic mass is 10.1. The SMILES string of the molecule is CC[C@H](NC(=O)CCN1C(=O)/C(=C\C(C)=C\c2ccccc2)SC1=S)C(=O)[O-]. The Morgan fingerprint density at radius 1 is 1.32 bits per heavy atom. The Labute approximate surface area is 173 Å². The minimum absolute atomic E-state index is 0.0393. The van der Waals surface area contributed by atoms with Crippen LogP contribution in [0.2, 0.25) is 0 Å². The maximum atomic E-state index is 12.6. The van der Waals surface area contributed by atoms with Crippen molar-refractivity contribution in [3.05, 3.63) is 52.4 Å². The van der Waals surface area contributed by atoms with Crippen LogP contribution in [0.25, 0.3) is 6.08 Å². The zero-order valence-corrected chi connectivity index (χ0v) is 17.3. The number of allylic oxidation sites excluding steroid dienone is 2. The first-order valence-electron chi connectivity index (χ1n) is 8.80. The fourth-order valence-electron chi connectivity index (χ4n) is 2.56. The van der Waals surface area contributed by atoms with Gasteiger partial charge in [-0.05, 0) is 30.6 Å². The highest BCUT2D eigenvalue weighted by molar-refractivity contribution is 8.26. The lowest BCUT2D eigenvalue weighted by Crippen LogP contribution is -2.48. The number of carboxylic acid groups (broad SMARTS) is 1. The van der Waals surface area contributed by atoms with Crippen molar-refractivity contribution in [2.75, 3.05) is 6.54 Å². The number of aliphatic carboxylic acids is 1. The average molecular weight is 418 g/mol. The van der Waals surface area contributed by atoms with E-state index in [0.29, 0.717) is 9.23 Å². The molecular formula is C20H21N2O4S2-. The molecule has 2 rings (SSSR count). The van der Waals surface area contributed by atoms with Crippen LogP contribution >= 0.6 is 24.0 Å². The number of carbonyl (C=O) groups excluding carboxylic acids is 3. The molecule has 0 unspecified atom stereocenters. The normalized spacial score (nSPS) is 17.1. The summed E-state index contributed by atoms with van der Waals surface area (Å²) < 4.78 is 0.378. The second-order valence-electron chi connectivity index (χ2n) is 6.23. The predicted molar refractivity (Wildman–Crippen MR) is 112 cm³/mol. The zero-order chi connectivity index (χ0) is 20.7. The molecule has 28 heavy (non-hydrogen) atoms. The van der Waals surface area contributed by atoms with E-state index >= 15 is 0 Å². The topological polar surface area (TPSA) is 89.5 Å². The van der Waals surface area contributed by atoms with Crippen LogP contribution in [0.15, 0.2) is 46.9 Å². The van der Waals surface area contributed by atoms with Gasteiger partial charge in [0, 0.05) is 13.0 Å². The summed E-state index contributed by atoms with van der Waals surface area (Å²) in [5, 5.41) is 13.3. The van der Waals surface area contributed by atoms with Crippen LogP contribution in [-0.2, 0) is 14.4 Å². The van der Waals surface area contributed by atoms with Crippen LogP contribution in [0.4, 0.5) is 0 Å². The summed E-state index contributed by atoms with van der Waals surface area (Å²) in [5.74, 6) is -2.05. The highest BCUT2D eigenvalue weighted by atomic mass is 32.2. The van der Waals surface area contributed by atoms with E-state index in [-0.39, 0.29) is 25.3 Å². The fourth-order valence-corrected chi connectivity index (χ4v) is 3.92. The molecule has 0 bridgehead atoms. The first-order valence-corrected chi connectivity index (χ1v) is 10.0. The van der Waals surface area contributed by atoms with E-state index in [1.54, 1.807) is 13.0 Å². The molecule has 1 N–H and O–H groups in total. The first kappa shape index (κ1) is 21.8. The van der Waals surface area contributed by atoms with E-state index < -0.39 is 17.9 Å². The van der Waals surface area contributed by atoms with E-state index in [2.05, 4.69) is 5.32 Å². The Hall–Kier alpha value is -2.45. The van der Waals surface area contributed by atoms with Crippen molar-refractivity contribution < 1.29 is 19.5 Å². The van der Waals surface area contributed by atoms with E-state index in [4.69, 9.17) is 12.2 Å². The van der Waals surface area contributed by atoms with Gasteiger partial charge in [0.25, 0.3) is 5.91 Å². The molecule has 1 aromatic rings. The summed E-state index contributed by atoms with van der Waals surface area (Å²) in [4.78, 5) is 37.3. The van der Waals surface area contributed by atoms with Crippen LogP contribution in [-0.4, -0.2) is 39.6 Å². The first-order chi connectivity index (χ1) is 13.3. The van der Waals surface area contributed by atoms with Crippen molar-refractivity contribution in [1.29, 1.82) is 0 Å².